The maximum absolute atomic E-state index is 6.73. The highest BCUT2D eigenvalue weighted by Crippen LogP contribution is 2.50. The van der Waals surface area contributed by atoms with E-state index in [1.54, 1.807) is 0 Å². The molecule has 2 N–H and O–H groups in total. The second-order valence-electron chi connectivity index (χ2n) is 8.26. The van der Waals surface area contributed by atoms with Crippen molar-refractivity contribution in [3.8, 4) is 11.5 Å². The van der Waals surface area contributed by atoms with E-state index in [1.807, 2.05) is 25.1 Å². The first-order chi connectivity index (χ1) is 14.0. The molecule has 1 aromatic heterocycles. The minimum Gasteiger partial charge on any atom is -0.489 e. The molecule has 2 aromatic rings. The summed E-state index contributed by atoms with van der Waals surface area (Å²) in [6, 6.07) is 5.72. The molecule has 0 radical (unpaired) electrons. The molecule has 3 heterocycles. The fraction of sp³-hybridized carbons (Fsp3) is 0.524. The van der Waals surface area contributed by atoms with E-state index in [2.05, 4.69) is 14.9 Å². The maximum atomic E-state index is 6.73. The molecule has 1 saturated carbocycles. The molecule has 1 atom stereocenters. The zero-order valence-electron chi connectivity index (χ0n) is 16.5. The lowest BCUT2D eigenvalue weighted by molar-refractivity contribution is 0.134. The van der Waals surface area contributed by atoms with E-state index < -0.39 is 0 Å². The molecule has 2 aliphatic heterocycles. The summed E-state index contributed by atoms with van der Waals surface area (Å²) in [5.41, 5.74) is 7.87. The number of halogens is 1. The average Bonchev–Trinajstić information content (AvgIpc) is 3.50. The van der Waals surface area contributed by atoms with E-state index in [0.29, 0.717) is 37.2 Å². The summed E-state index contributed by atoms with van der Waals surface area (Å²) >= 11 is 6.73. The molecule has 154 valence electrons. The summed E-state index contributed by atoms with van der Waals surface area (Å²) in [6.07, 6.45) is 3.20. The summed E-state index contributed by atoms with van der Waals surface area (Å²) in [6.45, 7) is 5.28. The van der Waals surface area contributed by atoms with Crippen LogP contribution in [0.1, 0.15) is 36.6 Å². The molecule has 8 heteroatoms. The van der Waals surface area contributed by atoms with Crippen molar-refractivity contribution in [1.82, 2.24) is 9.97 Å². The Hall–Kier alpha value is -2.25. The van der Waals surface area contributed by atoms with Gasteiger partial charge in [-0.15, -0.1) is 0 Å². The molecule has 0 bridgehead atoms. The number of aryl methyl sites for hydroxylation is 1. The fourth-order valence-electron chi connectivity index (χ4n) is 4.03. The van der Waals surface area contributed by atoms with Gasteiger partial charge in [0.15, 0.2) is 11.5 Å². The largest absolute Gasteiger partial charge is 0.489 e. The van der Waals surface area contributed by atoms with Crippen molar-refractivity contribution in [3.63, 3.8) is 0 Å². The van der Waals surface area contributed by atoms with Gasteiger partial charge in [0.1, 0.15) is 5.82 Å². The van der Waals surface area contributed by atoms with Gasteiger partial charge in [0.2, 0.25) is 5.95 Å². The van der Waals surface area contributed by atoms with Crippen LogP contribution in [-0.2, 0) is 4.74 Å². The summed E-state index contributed by atoms with van der Waals surface area (Å²) in [5, 5.41) is 0.637. The molecule has 1 spiro atoms. The highest BCUT2D eigenvalue weighted by atomic mass is 35.5. The van der Waals surface area contributed by atoms with Crippen molar-refractivity contribution < 1.29 is 14.2 Å². The van der Waals surface area contributed by atoms with Gasteiger partial charge in [-0.3, -0.25) is 0 Å². The quantitative estimate of drug-likeness (QED) is 0.801. The topological polar surface area (TPSA) is 82.7 Å². The zero-order valence-corrected chi connectivity index (χ0v) is 17.2. The Morgan fingerprint density at radius 3 is 2.62 bits per heavy atom. The van der Waals surface area contributed by atoms with Gasteiger partial charge in [0.25, 0.3) is 0 Å². The number of benzene rings is 1. The number of fused-ring (bicyclic) bond motifs is 1. The number of hydrogen-bond acceptors (Lipinski definition) is 7. The van der Waals surface area contributed by atoms with Crippen LogP contribution in [0.15, 0.2) is 18.2 Å². The highest BCUT2D eigenvalue weighted by Gasteiger charge is 2.46. The van der Waals surface area contributed by atoms with Crippen LogP contribution in [0.25, 0.3) is 0 Å². The average molecular weight is 417 g/mol. The monoisotopic (exact) mass is 416 g/mol. The molecular formula is C21H25ClN4O3. The van der Waals surface area contributed by atoms with Crippen molar-refractivity contribution in [2.75, 3.05) is 43.6 Å². The van der Waals surface area contributed by atoms with Gasteiger partial charge in [0, 0.05) is 41.4 Å². The van der Waals surface area contributed by atoms with Crippen molar-refractivity contribution in [2.24, 2.45) is 5.41 Å². The molecule has 1 saturated heterocycles. The van der Waals surface area contributed by atoms with Crippen LogP contribution in [-0.4, -0.2) is 42.9 Å². The Morgan fingerprint density at radius 2 is 1.90 bits per heavy atom. The summed E-state index contributed by atoms with van der Waals surface area (Å²) < 4.78 is 18.1. The van der Waals surface area contributed by atoms with Crippen molar-refractivity contribution >= 4 is 23.4 Å². The van der Waals surface area contributed by atoms with Crippen LogP contribution in [0.5, 0.6) is 11.5 Å². The Bertz CT molecular complexity index is 914. The molecular weight excluding hydrogens is 392 g/mol. The van der Waals surface area contributed by atoms with E-state index >= 15 is 0 Å². The maximum Gasteiger partial charge on any atom is 0.222 e. The third kappa shape index (κ3) is 3.69. The molecule has 29 heavy (non-hydrogen) atoms. The molecule has 7 nitrogen and oxygen atoms in total. The summed E-state index contributed by atoms with van der Waals surface area (Å²) in [7, 11) is 0. The Balaban J connectivity index is 1.52. The standard InChI is InChI=1S/C21H25ClN4O3/c1-13-7-19(25-20(23)24-13)26-5-2-6-27-10-16(26)14-8-17-18(9-15(14)22)29-12-21(3-4-21)11-28-17/h7-9,16H,2-6,10-12H2,1H3,(H2,23,24,25)/t16-/m1/s1. The Kier molecular flexibility index (Phi) is 4.67. The van der Waals surface area contributed by atoms with Crippen molar-refractivity contribution in [3.05, 3.63) is 34.5 Å². The molecule has 1 aromatic carbocycles. The summed E-state index contributed by atoms with van der Waals surface area (Å²) in [5.74, 6) is 2.51. The van der Waals surface area contributed by atoms with Crippen LogP contribution in [0.3, 0.4) is 0 Å². The van der Waals surface area contributed by atoms with Gasteiger partial charge in [-0.2, -0.15) is 4.98 Å². The number of nitrogens with zero attached hydrogens (tertiary/aromatic N) is 3. The number of ether oxygens (including phenoxy) is 3. The first-order valence-electron chi connectivity index (χ1n) is 10.1. The predicted octanol–water partition coefficient (Wildman–Crippen LogP) is 3.54. The second-order valence-corrected chi connectivity index (χ2v) is 8.67. The second kappa shape index (κ2) is 7.22. The molecule has 1 aliphatic carbocycles. The van der Waals surface area contributed by atoms with Crippen LogP contribution >= 0.6 is 11.6 Å². The lowest BCUT2D eigenvalue weighted by atomic mass is 10.0. The van der Waals surface area contributed by atoms with Crippen LogP contribution in [0, 0.1) is 12.3 Å². The number of aromatic nitrogens is 2. The van der Waals surface area contributed by atoms with Gasteiger partial charge in [-0.25, -0.2) is 4.98 Å². The Morgan fingerprint density at radius 1 is 1.14 bits per heavy atom. The van der Waals surface area contributed by atoms with E-state index in [1.165, 1.54) is 0 Å². The van der Waals surface area contributed by atoms with Gasteiger partial charge in [-0.1, -0.05) is 11.6 Å². The van der Waals surface area contributed by atoms with E-state index in [0.717, 1.165) is 48.6 Å². The van der Waals surface area contributed by atoms with E-state index in [-0.39, 0.29) is 17.4 Å². The fourth-order valence-corrected chi connectivity index (χ4v) is 4.31. The van der Waals surface area contributed by atoms with Gasteiger partial charge < -0.3 is 24.8 Å². The normalized spacial score (nSPS) is 22.8. The molecule has 0 amide bonds. The predicted molar refractivity (Wildman–Crippen MR) is 111 cm³/mol. The molecule has 2 fully saturated rings. The molecule has 5 rings (SSSR count). The summed E-state index contributed by atoms with van der Waals surface area (Å²) in [4.78, 5) is 10.9. The first-order valence-corrected chi connectivity index (χ1v) is 10.5. The third-order valence-corrected chi connectivity index (χ3v) is 6.27. The van der Waals surface area contributed by atoms with Gasteiger partial charge >= 0.3 is 0 Å². The third-order valence-electron chi connectivity index (χ3n) is 5.94. The van der Waals surface area contributed by atoms with Gasteiger partial charge in [0.05, 0.1) is 25.9 Å². The number of anilines is 2. The zero-order chi connectivity index (χ0) is 20.0. The number of rotatable bonds is 2. The smallest absolute Gasteiger partial charge is 0.222 e. The SMILES string of the molecule is Cc1cc(N2CCCOC[C@@H]2c2cc3c(cc2Cl)OCC2(CC2)CO3)nc(N)n1. The highest BCUT2D eigenvalue weighted by molar-refractivity contribution is 6.31. The first kappa shape index (κ1) is 18.8. The molecule has 3 aliphatic rings. The van der Waals surface area contributed by atoms with E-state index in [9.17, 15) is 0 Å². The minimum atomic E-state index is -0.106. The van der Waals surface area contributed by atoms with Crippen LogP contribution < -0.4 is 20.1 Å². The molecule has 0 unspecified atom stereocenters. The lowest BCUT2D eigenvalue weighted by Crippen LogP contribution is -2.32. The van der Waals surface area contributed by atoms with Crippen LogP contribution in [0.2, 0.25) is 5.02 Å². The minimum absolute atomic E-state index is 0.106. The van der Waals surface area contributed by atoms with Crippen molar-refractivity contribution in [2.45, 2.75) is 32.2 Å². The van der Waals surface area contributed by atoms with Crippen molar-refractivity contribution in [1.29, 1.82) is 0 Å². The van der Waals surface area contributed by atoms with E-state index in [4.69, 9.17) is 31.5 Å². The van der Waals surface area contributed by atoms with Gasteiger partial charge in [-0.05, 0) is 37.8 Å². The Labute approximate surface area is 175 Å². The number of nitrogen functional groups attached to an aromatic ring is 1. The lowest BCUT2D eigenvalue weighted by Gasteiger charge is -2.31. The van der Waals surface area contributed by atoms with Crippen LogP contribution in [0.4, 0.5) is 11.8 Å². The number of hydrogen-bond donors (Lipinski definition) is 1. The number of nitrogens with two attached hydrogens (primary N) is 1.